The predicted octanol–water partition coefficient (Wildman–Crippen LogP) is 1.50. The van der Waals surface area contributed by atoms with Crippen molar-refractivity contribution in [3.63, 3.8) is 0 Å². The minimum Gasteiger partial charge on any atom is -0.503 e. The lowest BCUT2D eigenvalue weighted by molar-refractivity contribution is -0.684. The molecule has 6 heteroatoms. The fourth-order valence-corrected chi connectivity index (χ4v) is 1.88. The molecule has 0 bridgehead atoms. The van der Waals surface area contributed by atoms with Gasteiger partial charge in [-0.25, -0.2) is 4.79 Å². The van der Waals surface area contributed by atoms with E-state index in [2.05, 4.69) is 5.32 Å². The van der Waals surface area contributed by atoms with Crippen molar-refractivity contribution < 1.29 is 24.0 Å². The zero-order chi connectivity index (χ0) is 15.9. The summed E-state index contributed by atoms with van der Waals surface area (Å²) in [6.45, 7) is 2.14. The van der Waals surface area contributed by atoms with E-state index in [1.54, 1.807) is 48.0 Å². The van der Waals surface area contributed by atoms with Gasteiger partial charge in [-0.15, -0.1) is 0 Å². The molecule has 114 valence electrons. The molecule has 22 heavy (non-hydrogen) atoms. The topological polar surface area (TPSA) is 79.5 Å². The minimum atomic E-state index is -0.393. The largest absolute Gasteiger partial charge is 0.503 e. The van der Waals surface area contributed by atoms with Crippen LogP contribution >= 0.6 is 0 Å². The van der Waals surface area contributed by atoms with Gasteiger partial charge >= 0.3 is 5.97 Å². The van der Waals surface area contributed by atoms with Crippen LogP contribution in [0.5, 0.6) is 5.75 Å². The van der Waals surface area contributed by atoms with E-state index >= 15 is 0 Å². The van der Waals surface area contributed by atoms with Gasteiger partial charge in [0, 0.05) is 11.8 Å². The highest BCUT2D eigenvalue weighted by molar-refractivity contribution is 5.92. The van der Waals surface area contributed by atoms with Gasteiger partial charge in [0.05, 0.1) is 12.2 Å². The second-order valence-corrected chi connectivity index (χ2v) is 4.58. The summed E-state index contributed by atoms with van der Waals surface area (Å²) in [7, 11) is 0. The van der Waals surface area contributed by atoms with Gasteiger partial charge in [0.25, 0.3) is 5.91 Å². The Morgan fingerprint density at radius 1 is 1.23 bits per heavy atom. The van der Waals surface area contributed by atoms with Crippen LogP contribution in [0.2, 0.25) is 0 Å². The molecule has 0 aliphatic heterocycles. The van der Waals surface area contributed by atoms with E-state index in [0.29, 0.717) is 17.9 Å². The van der Waals surface area contributed by atoms with E-state index in [1.165, 1.54) is 12.3 Å². The van der Waals surface area contributed by atoms with Crippen LogP contribution in [0.4, 0.5) is 5.69 Å². The second kappa shape index (κ2) is 7.21. The van der Waals surface area contributed by atoms with Crippen LogP contribution in [0.3, 0.4) is 0 Å². The summed E-state index contributed by atoms with van der Waals surface area (Å²) in [5.74, 6) is -0.538. The standard InChI is InChI=1S/C16H16N2O4/c1-2-22-16(21)12-5-7-13(8-6-12)17-15(20)11-18-9-3-4-14(19)10-18/h3-10H,2,11H2,1H3,(H-,17,19,20,21)/p+1. The maximum atomic E-state index is 11.9. The molecule has 0 aliphatic rings. The number of hydrogen-bond donors (Lipinski definition) is 2. The van der Waals surface area contributed by atoms with Crippen LogP contribution in [0, 0.1) is 0 Å². The first-order valence-electron chi connectivity index (χ1n) is 6.83. The molecule has 0 saturated heterocycles. The molecule has 0 spiro atoms. The molecule has 0 aliphatic carbocycles. The van der Waals surface area contributed by atoms with Crippen LogP contribution in [-0.4, -0.2) is 23.6 Å². The number of anilines is 1. The van der Waals surface area contributed by atoms with Gasteiger partial charge in [0.15, 0.2) is 11.9 Å². The molecular weight excluding hydrogens is 284 g/mol. The number of carbonyl (C=O) groups is 2. The van der Waals surface area contributed by atoms with Crippen molar-refractivity contribution >= 4 is 17.6 Å². The van der Waals surface area contributed by atoms with E-state index in [9.17, 15) is 14.7 Å². The van der Waals surface area contributed by atoms with Crippen molar-refractivity contribution in [2.24, 2.45) is 0 Å². The van der Waals surface area contributed by atoms with Crippen molar-refractivity contribution in [2.75, 3.05) is 11.9 Å². The maximum absolute atomic E-state index is 11.9. The van der Waals surface area contributed by atoms with Crippen LogP contribution in [0.15, 0.2) is 48.8 Å². The van der Waals surface area contributed by atoms with E-state index < -0.39 is 5.97 Å². The molecule has 0 fully saturated rings. The fraction of sp³-hybridized carbons (Fsp3) is 0.188. The molecule has 1 heterocycles. The number of aromatic hydroxyl groups is 1. The van der Waals surface area contributed by atoms with Crippen molar-refractivity contribution in [1.29, 1.82) is 0 Å². The van der Waals surface area contributed by atoms with Gasteiger partial charge in [0.1, 0.15) is 0 Å². The highest BCUT2D eigenvalue weighted by Crippen LogP contribution is 2.10. The Labute approximate surface area is 128 Å². The molecule has 2 rings (SSSR count). The Hall–Kier alpha value is -2.89. The number of rotatable bonds is 5. The maximum Gasteiger partial charge on any atom is 0.338 e. The molecule has 0 atom stereocenters. The number of pyridine rings is 1. The number of amides is 1. The van der Waals surface area contributed by atoms with Crippen molar-refractivity contribution in [2.45, 2.75) is 13.5 Å². The average molecular weight is 301 g/mol. The Bertz CT molecular complexity index is 668. The highest BCUT2D eigenvalue weighted by Gasteiger charge is 2.11. The van der Waals surface area contributed by atoms with Crippen LogP contribution in [-0.2, 0) is 16.1 Å². The van der Waals surface area contributed by atoms with Gasteiger partial charge in [-0.2, -0.15) is 4.57 Å². The molecule has 1 aromatic carbocycles. The summed E-state index contributed by atoms with van der Waals surface area (Å²) in [5, 5.41) is 12.1. The number of nitrogens with zero attached hydrogens (tertiary/aromatic N) is 1. The Kier molecular flexibility index (Phi) is 5.08. The third-order valence-corrected chi connectivity index (χ3v) is 2.85. The third kappa shape index (κ3) is 4.31. The summed E-state index contributed by atoms with van der Waals surface area (Å²) < 4.78 is 6.45. The van der Waals surface area contributed by atoms with E-state index in [-0.39, 0.29) is 18.2 Å². The van der Waals surface area contributed by atoms with Gasteiger partial charge < -0.3 is 15.2 Å². The molecule has 2 N–H and O–H groups in total. The molecule has 0 saturated carbocycles. The number of nitrogens with one attached hydrogen (secondary N) is 1. The lowest BCUT2D eigenvalue weighted by Crippen LogP contribution is -2.39. The van der Waals surface area contributed by atoms with Crippen LogP contribution < -0.4 is 9.88 Å². The zero-order valence-corrected chi connectivity index (χ0v) is 12.2. The molecule has 2 aromatic rings. The lowest BCUT2D eigenvalue weighted by Gasteiger charge is -2.05. The van der Waals surface area contributed by atoms with E-state index in [1.807, 2.05) is 0 Å². The second-order valence-electron chi connectivity index (χ2n) is 4.58. The van der Waals surface area contributed by atoms with Crippen molar-refractivity contribution in [1.82, 2.24) is 0 Å². The van der Waals surface area contributed by atoms with Gasteiger partial charge in [-0.3, -0.25) is 4.79 Å². The predicted molar refractivity (Wildman–Crippen MR) is 79.3 cm³/mol. The zero-order valence-electron chi connectivity index (χ0n) is 12.2. The number of carbonyl (C=O) groups excluding carboxylic acids is 2. The molecular formula is C16H17N2O4+. The van der Waals surface area contributed by atoms with E-state index in [0.717, 1.165) is 0 Å². The molecule has 0 radical (unpaired) electrons. The van der Waals surface area contributed by atoms with E-state index in [4.69, 9.17) is 4.74 Å². The Balaban J connectivity index is 1.95. The summed E-state index contributed by atoms with van der Waals surface area (Å²) in [5.41, 5.74) is 1.01. The molecule has 0 unspecified atom stereocenters. The van der Waals surface area contributed by atoms with Crippen molar-refractivity contribution in [3.05, 3.63) is 54.4 Å². The first-order chi connectivity index (χ1) is 10.6. The van der Waals surface area contributed by atoms with Crippen LogP contribution in [0.25, 0.3) is 0 Å². The Morgan fingerprint density at radius 3 is 2.59 bits per heavy atom. The van der Waals surface area contributed by atoms with Crippen molar-refractivity contribution in [3.8, 4) is 5.75 Å². The summed E-state index contributed by atoms with van der Waals surface area (Å²) >= 11 is 0. The summed E-state index contributed by atoms with van der Waals surface area (Å²) in [4.78, 5) is 23.4. The quantitative estimate of drug-likeness (QED) is 0.648. The van der Waals surface area contributed by atoms with Gasteiger partial charge in [-0.1, -0.05) is 0 Å². The van der Waals surface area contributed by atoms with Crippen LogP contribution in [0.1, 0.15) is 17.3 Å². The van der Waals surface area contributed by atoms with Gasteiger partial charge in [0.2, 0.25) is 12.7 Å². The number of esters is 1. The SMILES string of the molecule is CCOC(=O)c1ccc(NC(=O)C[n+]2cccc(O)c2)cc1. The lowest BCUT2D eigenvalue weighted by atomic mass is 10.2. The number of aromatic nitrogens is 1. The Morgan fingerprint density at radius 2 is 1.95 bits per heavy atom. The molecule has 1 amide bonds. The smallest absolute Gasteiger partial charge is 0.338 e. The first kappa shape index (κ1) is 15.5. The van der Waals surface area contributed by atoms with Gasteiger partial charge in [-0.05, 0) is 37.3 Å². The minimum absolute atomic E-state index is 0.0774. The number of hydrogen-bond acceptors (Lipinski definition) is 4. The molecule has 6 nitrogen and oxygen atoms in total. The first-order valence-corrected chi connectivity index (χ1v) is 6.83. The summed E-state index contributed by atoms with van der Waals surface area (Å²) in [6.07, 6.45) is 3.15. The molecule has 1 aromatic heterocycles. The average Bonchev–Trinajstić information content (AvgIpc) is 2.48. The fourth-order valence-electron chi connectivity index (χ4n) is 1.88. The summed E-state index contributed by atoms with van der Waals surface area (Å²) in [6, 6.07) is 9.64. The monoisotopic (exact) mass is 301 g/mol. The normalized spacial score (nSPS) is 10.0. The number of benzene rings is 1. The number of ether oxygens (including phenoxy) is 1. The third-order valence-electron chi connectivity index (χ3n) is 2.85. The highest BCUT2D eigenvalue weighted by atomic mass is 16.5.